The Morgan fingerprint density at radius 1 is 1.43 bits per heavy atom. The Balaban J connectivity index is 1.78. The number of carboxylic acid groups (broad SMARTS) is 1. The van der Waals surface area contributed by atoms with Crippen molar-refractivity contribution in [3.05, 3.63) is 33.2 Å². The van der Waals surface area contributed by atoms with Crippen LogP contribution in [-0.2, 0) is 20.9 Å². The van der Waals surface area contributed by atoms with Gasteiger partial charge in [-0.25, -0.2) is 0 Å². The first-order chi connectivity index (χ1) is 10.9. The molecule has 0 spiro atoms. The van der Waals surface area contributed by atoms with Crippen LogP contribution in [0.5, 0.6) is 0 Å². The van der Waals surface area contributed by atoms with Crippen LogP contribution in [0.2, 0.25) is 0 Å². The van der Waals surface area contributed by atoms with Crippen LogP contribution < -0.4 is 5.56 Å². The van der Waals surface area contributed by atoms with Gasteiger partial charge in [0, 0.05) is 42.4 Å². The zero-order valence-electron chi connectivity index (χ0n) is 12.4. The Hall–Kier alpha value is -1.67. The van der Waals surface area contributed by atoms with Crippen molar-refractivity contribution in [3.63, 3.8) is 0 Å². The minimum Gasteiger partial charge on any atom is -0.481 e. The molecule has 1 aromatic rings. The molecule has 124 valence electrons. The van der Waals surface area contributed by atoms with Crippen LogP contribution >= 0.6 is 15.9 Å². The molecule has 1 aromatic heterocycles. The number of amides is 1. The summed E-state index contributed by atoms with van der Waals surface area (Å²) in [7, 11) is 0. The molecule has 3 rings (SSSR count). The van der Waals surface area contributed by atoms with Crippen molar-refractivity contribution >= 4 is 27.8 Å². The fourth-order valence-electron chi connectivity index (χ4n) is 3.36. The molecule has 0 aromatic carbocycles. The fraction of sp³-hybridized carbons (Fsp3) is 0.533. The van der Waals surface area contributed by atoms with Crippen molar-refractivity contribution in [2.45, 2.75) is 13.0 Å². The van der Waals surface area contributed by atoms with Crippen molar-refractivity contribution in [1.82, 2.24) is 9.47 Å². The molecule has 3 heterocycles. The summed E-state index contributed by atoms with van der Waals surface area (Å²) >= 11 is 3.27. The summed E-state index contributed by atoms with van der Waals surface area (Å²) < 4.78 is 7.40. The lowest BCUT2D eigenvalue weighted by atomic mass is 9.74. The zero-order chi connectivity index (χ0) is 16.6. The summed E-state index contributed by atoms with van der Waals surface area (Å²) in [4.78, 5) is 37.6. The van der Waals surface area contributed by atoms with Gasteiger partial charge in [-0.3, -0.25) is 14.4 Å². The van der Waals surface area contributed by atoms with Gasteiger partial charge in [-0.15, -0.1) is 0 Å². The van der Waals surface area contributed by atoms with Crippen LogP contribution in [0.1, 0.15) is 6.42 Å². The second-order valence-electron chi connectivity index (χ2n) is 6.07. The number of fused-ring (bicyclic) bond motifs is 1. The fourth-order valence-corrected chi connectivity index (χ4v) is 3.74. The smallest absolute Gasteiger partial charge is 0.311 e. The van der Waals surface area contributed by atoms with Gasteiger partial charge in [0.2, 0.25) is 5.91 Å². The van der Waals surface area contributed by atoms with Crippen LogP contribution in [0.15, 0.2) is 27.6 Å². The highest BCUT2D eigenvalue weighted by atomic mass is 79.9. The molecule has 2 saturated heterocycles. The van der Waals surface area contributed by atoms with Crippen molar-refractivity contribution in [2.24, 2.45) is 11.3 Å². The highest BCUT2D eigenvalue weighted by Gasteiger charge is 2.54. The number of hydrogen-bond acceptors (Lipinski definition) is 4. The van der Waals surface area contributed by atoms with Gasteiger partial charge in [-0.05, 0) is 28.4 Å². The lowest BCUT2D eigenvalue weighted by Gasteiger charge is -2.33. The molecule has 2 atom stereocenters. The Labute approximate surface area is 141 Å². The van der Waals surface area contributed by atoms with E-state index in [1.807, 2.05) is 0 Å². The molecule has 2 fully saturated rings. The number of aromatic nitrogens is 1. The Bertz CT molecular complexity index is 703. The molecule has 1 amide bonds. The van der Waals surface area contributed by atoms with Crippen molar-refractivity contribution in [1.29, 1.82) is 0 Å². The van der Waals surface area contributed by atoms with Gasteiger partial charge in [0.1, 0.15) is 6.54 Å². The van der Waals surface area contributed by atoms with Crippen LogP contribution in [0.3, 0.4) is 0 Å². The first kappa shape index (κ1) is 16.2. The zero-order valence-corrected chi connectivity index (χ0v) is 14.0. The van der Waals surface area contributed by atoms with Gasteiger partial charge in [-0.2, -0.15) is 0 Å². The second-order valence-corrected chi connectivity index (χ2v) is 6.99. The van der Waals surface area contributed by atoms with Gasteiger partial charge in [0.05, 0.1) is 12.0 Å². The molecule has 2 aliphatic heterocycles. The molecule has 8 heteroatoms. The number of likely N-dealkylation sites (tertiary alicyclic amines) is 1. The number of ether oxygens (including phenoxy) is 1. The number of pyridine rings is 1. The summed E-state index contributed by atoms with van der Waals surface area (Å²) in [6.07, 6.45) is 1.97. The molecule has 23 heavy (non-hydrogen) atoms. The average Bonchev–Trinajstić information content (AvgIpc) is 2.92. The molecule has 2 aliphatic rings. The number of carbonyl (C=O) groups is 2. The highest BCUT2D eigenvalue weighted by Crippen LogP contribution is 2.42. The number of halogens is 1. The number of carboxylic acids is 1. The molecule has 1 N–H and O–H groups in total. The summed E-state index contributed by atoms with van der Waals surface area (Å²) in [5.41, 5.74) is -1.19. The molecule has 0 saturated carbocycles. The van der Waals surface area contributed by atoms with Crippen molar-refractivity contribution in [2.75, 3.05) is 26.3 Å². The first-order valence-electron chi connectivity index (χ1n) is 7.37. The monoisotopic (exact) mass is 384 g/mol. The number of rotatable bonds is 3. The number of carbonyl (C=O) groups excluding carboxylic acids is 1. The van der Waals surface area contributed by atoms with Gasteiger partial charge < -0.3 is 19.3 Å². The van der Waals surface area contributed by atoms with Gasteiger partial charge >= 0.3 is 5.97 Å². The predicted octanol–water partition coefficient (Wildman–Crippen LogP) is 0.561. The van der Waals surface area contributed by atoms with Crippen LogP contribution in [0, 0.1) is 11.3 Å². The molecule has 7 nitrogen and oxygen atoms in total. The van der Waals surface area contributed by atoms with Gasteiger partial charge in [0.25, 0.3) is 5.56 Å². The SMILES string of the molecule is O=C(Cn1cc(Br)ccc1=O)N1C[C@H]2COCC[C@@]2(C(=O)O)C1. The standard InChI is InChI=1S/C15H17BrN2O5/c16-11-1-2-12(19)17(6-11)7-13(20)18-5-10-8-23-4-3-15(10,9-18)14(21)22/h1-2,6,10H,3-5,7-9H2,(H,21,22)/t10-,15+/m0/s1. The molecule has 0 unspecified atom stereocenters. The van der Waals surface area contributed by atoms with E-state index in [9.17, 15) is 19.5 Å². The number of aliphatic carboxylic acids is 1. The third-order valence-electron chi connectivity index (χ3n) is 4.74. The predicted molar refractivity (Wildman–Crippen MR) is 84.0 cm³/mol. The summed E-state index contributed by atoms with van der Waals surface area (Å²) in [6, 6.07) is 3.00. The van der Waals surface area contributed by atoms with E-state index in [1.165, 1.54) is 10.6 Å². The second kappa shape index (κ2) is 6.09. The Morgan fingerprint density at radius 2 is 2.22 bits per heavy atom. The normalized spacial score (nSPS) is 26.8. The van der Waals surface area contributed by atoms with Crippen LogP contribution in [0.25, 0.3) is 0 Å². The maximum atomic E-state index is 12.5. The van der Waals surface area contributed by atoms with E-state index < -0.39 is 11.4 Å². The Morgan fingerprint density at radius 3 is 2.91 bits per heavy atom. The van der Waals surface area contributed by atoms with E-state index in [2.05, 4.69) is 15.9 Å². The van der Waals surface area contributed by atoms with Gasteiger partial charge in [-0.1, -0.05) is 0 Å². The number of hydrogen-bond donors (Lipinski definition) is 1. The molecule has 0 bridgehead atoms. The summed E-state index contributed by atoms with van der Waals surface area (Å²) in [6.45, 7) is 1.19. The summed E-state index contributed by atoms with van der Waals surface area (Å²) in [5.74, 6) is -1.32. The summed E-state index contributed by atoms with van der Waals surface area (Å²) in [5, 5.41) is 9.61. The van der Waals surface area contributed by atoms with E-state index in [-0.39, 0.29) is 30.5 Å². The average molecular weight is 385 g/mol. The van der Waals surface area contributed by atoms with Crippen molar-refractivity contribution in [3.8, 4) is 0 Å². The van der Waals surface area contributed by atoms with E-state index in [0.29, 0.717) is 30.7 Å². The molecular formula is C15H17BrN2O5. The third kappa shape index (κ3) is 2.92. The Kier molecular flexibility index (Phi) is 4.29. The minimum absolute atomic E-state index is 0.0957. The topological polar surface area (TPSA) is 88.8 Å². The minimum atomic E-state index is -0.920. The largest absolute Gasteiger partial charge is 0.481 e. The quantitative estimate of drug-likeness (QED) is 0.822. The van der Waals surface area contributed by atoms with Gasteiger partial charge in [0.15, 0.2) is 0 Å². The maximum absolute atomic E-state index is 12.5. The van der Waals surface area contributed by atoms with Crippen LogP contribution in [0.4, 0.5) is 0 Å². The molecular weight excluding hydrogens is 368 g/mol. The lowest BCUT2D eigenvalue weighted by Crippen LogP contribution is -2.45. The van der Waals surface area contributed by atoms with E-state index in [0.717, 1.165) is 0 Å². The third-order valence-corrected chi connectivity index (χ3v) is 5.21. The van der Waals surface area contributed by atoms with Crippen LogP contribution in [-0.4, -0.2) is 52.8 Å². The van der Waals surface area contributed by atoms with E-state index >= 15 is 0 Å². The lowest BCUT2D eigenvalue weighted by molar-refractivity contribution is -0.157. The first-order valence-corrected chi connectivity index (χ1v) is 8.16. The van der Waals surface area contributed by atoms with Crippen molar-refractivity contribution < 1.29 is 19.4 Å². The van der Waals surface area contributed by atoms with E-state index in [1.54, 1.807) is 17.2 Å². The highest BCUT2D eigenvalue weighted by molar-refractivity contribution is 9.10. The molecule has 0 radical (unpaired) electrons. The number of nitrogens with zero attached hydrogens (tertiary/aromatic N) is 2. The van der Waals surface area contributed by atoms with E-state index in [4.69, 9.17) is 4.74 Å². The maximum Gasteiger partial charge on any atom is 0.311 e. The molecule has 0 aliphatic carbocycles.